The number of rotatable bonds is 4. The van der Waals surface area contributed by atoms with Crippen LogP contribution >= 0.6 is 0 Å². The summed E-state index contributed by atoms with van der Waals surface area (Å²) in [6.07, 6.45) is 0.0461. The largest absolute Gasteiger partial charge is 0.452 e. The molecule has 2 aliphatic rings. The quantitative estimate of drug-likeness (QED) is 0.471. The van der Waals surface area contributed by atoms with E-state index in [1.807, 2.05) is 27.7 Å². The van der Waals surface area contributed by atoms with Gasteiger partial charge in [-0.25, -0.2) is 0 Å². The monoisotopic (exact) mass is 579 g/mol. The van der Waals surface area contributed by atoms with Gasteiger partial charge in [0.1, 0.15) is 24.2 Å². The van der Waals surface area contributed by atoms with Crippen molar-refractivity contribution in [1.29, 1.82) is 0 Å². The van der Waals surface area contributed by atoms with Crippen molar-refractivity contribution in [3.63, 3.8) is 0 Å². The lowest BCUT2D eigenvalue weighted by Crippen LogP contribution is -2.60. The van der Waals surface area contributed by atoms with Crippen molar-refractivity contribution >= 4 is 35.5 Å². The molecule has 41 heavy (non-hydrogen) atoms. The van der Waals surface area contributed by atoms with E-state index in [1.165, 1.54) is 28.8 Å². The predicted molar refractivity (Wildman–Crippen MR) is 152 cm³/mol. The van der Waals surface area contributed by atoms with E-state index >= 15 is 0 Å². The van der Waals surface area contributed by atoms with E-state index < -0.39 is 65.8 Å². The van der Waals surface area contributed by atoms with Crippen LogP contribution in [0.3, 0.4) is 0 Å². The molecule has 12 heteroatoms. The highest BCUT2D eigenvalue weighted by atomic mass is 16.5. The van der Waals surface area contributed by atoms with Crippen LogP contribution in [0.4, 0.5) is 0 Å². The second-order valence-corrected chi connectivity index (χ2v) is 12.3. The molecule has 2 saturated heterocycles. The number of cyclic esters (lactones) is 1. The van der Waals surface area contributed by atoms with Gasteiger partial charge in [-0.1, -0.05) is 41.5 Å². The number of amides is 5. The molecule has 0 saturated carbocycles. The third-order valence-electron chi connectivity index (χ3n) is 7.89. The zero-order valence-corrected chi connectivity index (χ0v) is 26.1. The lowest BCUT2D eigenvalue weighted by atomic mass is 9.97. The Kier molecular flexibility index (Phi) is 12.1. The third kappa shape index (κ3) is 8.42. The average molecular weight is 580 g/mol. The van der Waals surface area contributed by atoms with Crippen molar-refractivity contribution in [2.75, 3.05) is 27.2 Å². The molecule has 2 heterocycles. The summed E-state index contributed by atoms with van der Waals surface area (Å²) in [5.74, 6) is -3.45. The minimum Gasteiger partial charge on any atom is -0.452 e. The second kappa shape index (κ2) is 14.6. The molecular weight excluding hydrogens is 530 g/mol. The van der Waals surface area contributed by atoms with E-state index in [0.29, 0.717) is 19.4 Å². The van der Waals surface area contributed by atoms with Crippen molar-refractivity contribution < 1.29 is 33.5 Å². The number of esters is 1. The highest BCUT2D eigenvalue weighted by Gasteiger charge is 2.42. The Hall–Kier alpha value is -3.18. The molecule has 0 aromatic carbocycles. The average Bonchev–Trinajstić information content (AvgIpc) is 3.38. The molecule has 232 valence electrons. The standard InChI is InChI=1S/C29H49N5O7/c1-16(2)15-21-27(38)34-14-10-11-20(34)26(37)31-23(17(3)4)28(39)33(9)24(18(5)6)29(40)32(8)19(7)25(36)30-13-12-22(35)41-21/h16-21,23-24H,10-15H2,1-9H3,(H,30,36)(H,31,37)/t19-,20-,21+,23?,24?/m0/s1. The molecule has 0 aromatic rings. The van der Waals surface area contributed by atoms with E-state index in [9.17, 15) is 28.8 Å². The Morgan fingerprint density at radius 1 is 0.854 bits per heavy atom. The predicted octanol–water partition coefficient (Wildman–Crippen LogP) is 0.926. The van der Waals surface area contributed by atoms with Crippen molar-refractivity contribution in [3.8, 4) is 0 Å². The van der Waals surface area contributed by atoms with Gasteiger partial charge in [0.15, 0.2) is 6.10 Å². The van der Waals surface area contributed by atoms with E-state index in [4.69, 9.17) is 4.74 Å². The molecule has 5 atom stereocenters. The van der Waals surface area contributed by atoms with Crippen LogP contribution in [-0.2, 0) is 33.5 Å². The summed E-state index contributed by atoms with van der Waals surface area (Å²) in [7, 11) is 3.02. The van der Waals surface area contributed by atoms with Crippen LogP contribution in [0.15, 0.2) is 0 Å². The van der Waals surface area contributed by atoms with Gasteiger partial charge in [0.05, 0.1) is 6.42 Å². The van der Waals surface area contributed by atoms with E-state index in [2.05, 4.69) is 10.6 Å². The van der Waals surface area contributed by atoms with Crippen molar-refractivity contribution in [2.24, 2.45) is 17.8 Å². The van der Waals surface area contributed by atoms with E-state index in [-0.39, 0.29) is 37.1 Å². The van der Waals surface area contributed by atoms with Gasteiger partial charge < -0.3 is 30.1 Å². The van der Waals surface area contributed by atoms with E-state index in [0.717, 1.165) is 0 Å². The zero-order valence-electron chi connectivity index (χ0n) is 26.1. The van der Waals surface area contributed by atoms with Gasteiger partial charge in [-0.15, -0.1) is 0 Å². The van der Waals surface area contributed by atoms with Crippen molar-refractivity contribution in [1.82, 2.24) is 25.3 Å². The molecule has 2 aliphatic heterocycles. The molecule has 2 N–H and O–H groups in total. The normalized spacial score (nSPS) is 28.4. The molecule has 2 unspecified atom stereocenters. The maximum absolute atomic E-state index is 13.8. The van der Waals surface area contributed by atoms with Gasteiger partial charge in [-0.2, -0.15) is 0 Å². The SMILES string of the molecule is CC(C)C[C@H]1OC(=O)CCNC(=O)[C@H](C)N(C)C(=O)C(C(C)C)N(C)C(=O)C(C(C)C)NC(=O)[C@@H]2CCCN2C1=O. The molecule has 2 rings (SSSR count). The first-order chi connectivity index (χ1) is 19.1. The number of nitrogens with one attached hydrogen (secondary N) is 2. The maximum Gasteiger partial charge on any atom is 0.308 e. The van der Waals surface area contributed by atoms with Gasteiger partial charge in [0.25, 0.3) is 5.91 Å². The first-order valence-electron chi connectivity index (χ1n) is 14.7. The number of carbonyl (C=O) groups excluding carboxylic acids is 6. The van der Waals surface area contributed by atoms with Crippen LogP contribution in [0.2, 0.25) is 0 Å². The zero-order chi connectivity index (χ0) is 31.2. The lowest BCUT2D eigenvalue weighted by Gasteiger charge is -2.37. The molecule has 5 amide bonds. The Balaban J connectivity index is 2.50. The van der Waals surface area contributed by atoms with Crippen molar-refractivity contribution in [2.45, 2.75) is 104 Å². The number of hydrogen-bond donors (Lipinski definition) is 2. The fourth-order valence-corrected chi connectivity index (χ4v) is 5.36. The smallest absolute Gasteiger partial charge is 0.308 e. The first kappa shape index (κ1) is 34.0. The maximum atomic E-state index is 13.8. The topological polar surface area (TPSA) is 145 Å². The summed E-state index contributed by atoms with van der Waals surface area (Å²) in [5.41, 5.74) is 0. The lowest BCUT2D eigenvalue weighted by molar-refractivity contribution is -0.162. The fourth-order valence-electron chi connectivity index (χ4n) is 5.36. The Morgan fingerprint density at radius 3 is 2.05 bits per heavy atom. The highest BCUT2D eigenvalue weighted by molar-refractivity contribution is 5.96. The molecule has 2 fully saturated rings. The molecule has 0 aromatic heterocycles. The molecule has 0 spiro atoms. The van der Waals surface area contributed by atoms with Crippen LogP contribution in [-0.4, -0.2) is 108 Å². The van der Waals surface area contributed by atoms with Gasteiger partial charge >= 0.3 is 5.97 Å². The number of nitrogens with zero attached hydrogens (tertiary/aromatic N) is 3. The molecule has 12 nitrogen and oxygen atoms in total. The molecule has 0 bridgehead atoms. The van der Waals surface area contributed by atoms with Gasteiger partial charge in [-0.3, -0.25) is 28.8 Å². The number of fused-ring (bicyclic) bond motifs is 1. The Bertz CT molecular complexity index is 998. The van der Waals surface area contributed by atoms with Crippen LogP contribution in [0, 0.1) is 17.8 Å². The number of likely N-dealkylation sites (N-methyl/N-ethyl adjacent to an activating group) is 2. The summed E-state index contributed by atoms with van der Waals surface area (Å²) in [6, 6.07) is -3.53. The van der Waals surface area contributed by atoms with Crippen LogP contribution in [0.25, 0.3) is 0 Å². The van der Waals surface area contributed by atoms with Gasteiger partial charge in [0, 0.05) is 27.2 Å². The summed E-state index contributed by atoms with van der Waals surface area (Å²) < 4.78 is 5.58. The summed E-state index contributed by atoms with van der Waals surface area (Å²) in [6.45, 7) is 12.9. The van der Waals surface area contributed by atoms with Gasteiger partial charge in [0.2, 0.25) is 23.6 Å². The minimum absolute atomic E-state index is 0.0363. The number of ether oxygens (including phenoxy) is 1. The minimum atomic E-state index is -1.07. The van der Waals surface area contributed by atoms with E-state index in [1.54, 1.807) is 20.8 Å². The third-order valence-corrected chi connectivity index (χ3v) is 7.89. The summed E-state index contributed by atoms with van der Waals surface area (Å²) in [5, 5.41) is 5.51. The van der Waals surface area contributed by atoms with Gasteiger partial charge in [-0.05, 0) is 43.9 Å². The van der Waals surface area contributed by atoms with Crippen molar-refractivity contribution in [3.05, 3.63) is 0 Å². The molecular formula is C29H49N5O7. The number of carbonyl (C=O) groups is 6. The molecule has 0 aliphatic carbocycles. The summed E-state index contributed by atoms with van der Waals surface area (Å²) in [4.78, 5) is 84.1. The first-order valence-corrected chi connectivity index (χ1v) is 14.7. The summed E-state index contributed by atoms with van der Waals surface area (Å²) >= 11 is 0. The Morgan fingerprint density at radius 2 is 1.49 bits per heavy atom. The second-order valence-electron chi connectivity index (χ2n) is 12.3. The Labute approximate surface area is 243 Å². The fraction of sp³-hybridized carbons (Fsp3) is 0.793. The highest BCUT2D eigenvalue weighted by Crippen LogP contribution is 2.23. The van der Waals surface area contributed by atoms with Crippen LogP contribution < -0.4 is 10.6 Å². The number of hydrogen-bond acceptors (Lipinski definition) is 7. The van der Waals surface area contributed by atoms with Crippen LogP contribution in [0.1, 0.15) is 74.1 Å². The molecule has 0 radical (unpaired) electrons. The van der Waals surface area contributed by atoms with Crippen LogP contribution in [0.5, 0.6) is 0 Å².